The van der Waals surface area contributed by atoms with Crippen molar-refractivity contribution in [2.45, 2.75) is 19.5 Å². The molecule has 0 aliphatic rings. The molecule has 7 heteroatoms. The first-order chi connectivity index (χ1) is 10.5. The summed E-state index contributed by atoms with van der Waals surface area (Å²) in [6.07, 6.45) is 3.57. The molecule has 0 aliphatic carbocycles. The van der Waals surface area contributed by atoms with E-state index in [0.29, 0.717) is 18.1 Å². The molecule has 0 saturated heterocycles. The number of amides is 1. The Labute approximate surface area is 148 Å². The van der Waals surface area contributed by atoms with Crippen LogP contribution in [-0.4, -0.2) is 34.2 Å². The number of aromatic nitrogens is 2. The van der Waals surface area contributed by atoms with Crippen LogP contribution in [0.2, 0.25) is 5.02 Å². The lowest BCUT2D eigenvalue weighted by atomic mass is 10.1. The van der Waals surface area contributed by atoms with Gasteiger partial charge in [0.15, 0.2) is 0 Å². The van der Waals surface area contributed by atoms with Gasteiger partial charge in [-0.15, -0.1) is 12.4 Å². The van der Waals surface area contributed by atoms with Crippen LogP contribution in [0.1, 0.15) is 24.1 Å². The number of rotatable bonds is 6. The van der Waals surface area contributed by atoms with E-state index >= 15 is 0 Å². The summed E-state index contributed by atoms with van der Waals surface area (Å²) in [5.41, 5.74) is 1.88. The predicted molar refractivity (Wildman–Crippen MR) is 94.8 cm³/mol. The largest absolute Gasteiger partial charge is 0.337 e. The van der Waals surface area contributed by atoms with Crippen molar-refractivity contribution in [2.75, 3.05) is 13.6 Å². The van der Waals surface area contributed by atoms with Gasteiger partial charge in [-0.2, -0.15) is 5.10 Å². The van der Waals surface area contributed by atoms with E-state index < -0.39 is 6.04 Å². The molecule has 126 valence electrons. The summed E-state index contributed by atoms with van der Waals surface area (Å²) in [6.45, 7) is 3.14. The maximum absolute atomic E-state index is 12.8. The van der Waals surface area contributed by atoms with Gasteiger partial charge in [0.1, 0.15) is 6.04 Å². The van der Waals surface area contributed by atoms with Crippen molar-refractivity contribution in [3.05, 3.63) is 52.8 Å². The van der Waals surface area contributed by atoms with E-state index in [1.54, 1.807) is 22.8 Å². The lowest BCUT2D eigenvalue weighted by molar-refractivity contribution is -0.133. The van der Waals surface area contributed by atoms with Gasteiger partial charge in [0, 0.05) is 36.9 Å². The van der Waals surface area contributed by atoms with Crippen molar-refractivity contribution in [2.24, 2.45) is 7.05 Å². The summed E-state index contributed by atoms with van der Waals surface area (Å²) < 4.78 is 1.69. The monoisotopic (exact) mass is 356 g/mol. The number of carbonyl (C=O) groups is 1. The Morgan fingerprint density at radius 1 is 1.48 bits per heavy atom. The highest BCUT2D eigenvalue weighted by Crippen LogP contribution is 2.18. The van der Waals surface area contributed by atoms with Crippen molar-refractivity contribution in [1.29, 1.82) is 0 Å². The molecule has 0 aliphatic heterocycles. The standard InChI is InChI=1S/C16H21ClN4O.ClH/c1-4-21(10-12-6-5-7-14(17)8-12)16(22)15(18-2)13-9-19-20(3)11-13;/h5-9,11,15,18H,4,10H2,1-3H3;1H. The average molecular weight is 357 g/mol. The van der Waals surface area contributed by atoms with E-state index in [4.69, 9.17) is 11.6 Å². The molecular weight excluding hydrogens is 335 g/mol. The third-order valence-corrected chi connectivity index (χ3v) is 3.78. The van der Waals surface area contributed by atoms with Crippen LogP contribution in [0.25, 0.3) is 0 Å². The van der Waals surface area contributed by atoms with E-state index in [9.17, 15) is 4.79 Å². The second-order valence-corrected chi connectivity index (χ2v) is 5.59. The Kier molecular flexibility index (Phi) is 7.55. The van der Waals surface area contributed by atoms with Gasteiger partial charge >= 0.3 is 0 Å². The Bertz CT molecular complexity index is 645. The van der Waals surface area contributed by atoms with Gasteiger partial charge in [-0.1, -0.05) is 23.7 Å². The Morgan fingerprint density at radius 3 is 2.74 bits per heavy atom. The summed E-state index contributed by atoms with van der Waals surface area (Å²) in [7, 11) is 3.62. The van der Waals surface area contributed by atoms with E-state index in [2.05, 4.69) is 10.4 Å². The molecule has 1 unspecified atom stereocenters. The van der Waals surface area contributed by atoms with Crippen molar-refractivity contribution in [3.8, 4) is 0 Å². The zero-order valence-electron chi connectivity index (χ0n) is 13.5. The zero-order chi connectivity index (χ0) is 16.1. The van der Waals surface area contributed by atoms with Crippen molar-refractivity contribution < 1.29 is 4.79 Å². The van der Waals surface area contributed by atoms with Crippen molar-refractivity contribution >= 4 is 29.9 Å². The van der Waals surface area contributed by atoms with Crippen LogP contribution in [0, 0.1) is 0 Å². The average Bonchev–Trinajstić information content (AvgIpc) is 2.91. The second kappa shape index (κ2) is 8.91. The number of benzene rings is 1. The molecule has 0 spiro atoms. The van der Waals surface area contributed by atoms with Gasteiger partial charge in [-0.05, 0) is 31.7 Å². The summed E-state index contributed by atoms with van der Waals surface area (Å²) in [4.78, 5) is 14.6. The predicted octanol–water partition coefficient (Wildman–Crippen LogP) is 2.80. The number of likely N-dealkylation sites (N-methyl/N-ethyl adjacent to an activating group) is 2. The fraction of sp³-hybridized carbons (Fsp3) is 0.375. The Morgan fingerprint density at radius 2 is 2.22 bits per heavy atom. The first-order valence-corrected chi connectivity index (χ1v) is 7.62. The number of hydrogen-bond acceptors (Lipinski definition) is 3. The third kappa shape index (κ3) is 4.96. The molecule has 2 rings (SSSR count). The molecule has 1 aromatic heterocycles. The maximum atomic E-state index is 12.8. The van der Waals surface area contributed by atoms with Crippen LogP contribution in [0.15, 0.2) is 36.7 Å². The van der Waals surface area contributed by atoms with Crippen molar-refractivity contribution in [3.63, 3.8) is 0 Å². The van der Waals surface area contributed by atoms with Gasteiger partial charge in [0.2, 0.25) is 5.91 Å². The molecule has 5 nitrogen and oxygen atoms in total. The molecule has 0 radical (unpaired) electrons. The van der Waals surface area contributed by atoms with Crippen LogP contribution in [0.3, 0.4) is 0 Å². The van der Waals surface area contributed by atoms with E-state index in [-0.39, 0.29) is 18.3 Å². The third-order valence-electron chi connectivity index (χ3n) is 3.55. The van der Waals surface area contributed by atoms with Crippen LogP contribution in [-0.2, 0) is 18.4 Å². The van der Waals surface area contributed by atoms with Crippen LogP contribution < -0.4 is 5.32 Å². The number of nitrogens with zero attached hydrogens (tertiary/aromatic N) is 3. The number of hydrogen-bond donors (Lipinski definition) is 1. The highest BCUT2D eigenvalue weighted by atomic mass is 35.5. The molecule has 0 fully saturated rings. The van der Waals surface area contributed by atoms with Crippen LogP contribution in [0.4, 0.5) is 0 Å². The number of nitrogens with one attached hydrogen (secondary N) is 1. The van der Waals surface area contributed by atoms with Crippen LogP contribution in [0.5, 0.6) is 0 Å². The highest BCUT2D eigenvalue weighted by Gasteiger charge is 2.24. The molecule has 0 saturated carbocycles. The minimum atomic E-state index is -0.396. The summed E-state index contributed by atoms with van der Waals surface area (Å²) in [6, 6.07) is 7.19. The van der Waals surface area contributed by atoms with E-state index in [1.165, 1.54) is 0 Å². The van der Waals surface area contributed by atoms with Gasteiger partial charge in [-0.25, -0.2) is 0 Å². The fourth-order valence-electron chi connectivity index (χ4n) is 2.41. The van der Waals surface area contributed by atoms with Gasteiger partial charge in [-0.3, -0.25) is 9.48 Å². The quantitative estimate of drug-likeness (QED) is 0.865. The topological polar surface area (TPSA) is 50.2 Å². The molecule has 1 aromatic carbocycles. The minimum Gasteiger partial charge on any atom is -0.337 e. The SMILES string of the molecule is CCN(Cc1cccc(Cl)c1)C(=O)C(NC)c1cnn(C)c1.Cl. The van der Waals surface area contributed by atoms with Crippen LogP contribution >= 0.6 is 24.0 Å². The lowest BCUT2D eigenvalue weighted by Crippen LogP contribution is -2.39. The van der Waals surface area contributed by atoms with E-state index in [0.717, 1.165) is 11.1 Å². The Balaban J connectivity index is 0.00000264. The van der Waals surface area contributed by atoms with Crippen molar-refractivity contribution in [1.82, 2.24) is 20.0 Å². The normalized spacial score (nSPS) is 11.7. The molecule has 0 bridgehead atoms. The molecular formula is C16H22Cl2N4O. The molecule has 1 amide bonds. The second-order valence-electron chi connectivity index (χ2n) is 5.15. The summed E-state index contributed by atoms with van der Waals surface area (Å²) in [5, 5.41) is 7.89. The number of halogens is 2. The minimum absolute atomic E-state index is 0. The lowest BCUT2D eigenvalue weighted by Gasteiger charge is -2.26. The van der Waals surface area contributed by atoms with Gasteiger partial charge in [0.05, 0.1) is 6.20 Å². The highest BCUT2D eigenvalue weighted by molar-refractivity contribution is 6.30. The molecule has 2 aromatic rings. The van der Waals surface area contributed by atoms with Gasteiger partial charge in [0.25, 0.3) is 0 Å². The Hall–Kier alpha value is -1.56. The number of aryl methyl sites for hydroxylation is 1. The molecule has 1 heterocycles. The number of carbonyl (C=O) groups excluding carboxylic acids is 1. The zero-order valence-corrected chi connectivity index (χ0v) is 15.1. The molecule has 1 N–H and O–H groups in total. The molecule has 1 atom stereocenters. The fourth-order valence-corrected chi connectivity index (χ4v) is 2.62. The molecule has 23 heavy (non-hydrogen) atoms. The first-order valence-electron chi connectivity index (χ1n) is 7.24. The van der Waals surface area contributed by atoms with Gasteiger partial charge < -0.3 is 10.2 Å². The summed E-state index contributed by atoms with van der Waals surface area (Å²) in [5.74, 6) is 0.0259. The summed E-state index contributed by atoms with van der Waals surface area (Å²) >= 11 is 6.01. The maximum Gasteiger partial charge on any atom is 0.244 e. The smallest absolute Gasteiger partial charge is 0.244 e. The van der Waals surface area contributed by atoms with E-state index in [1.807, 2.05) is 44.4 Å². The first kappa shape index (κ1) is 19.5.